The first-order chi connectivity index (χ1) is 9.21. The molecule has 1 aromatic carbocycles. The first-order valence-electron chi connectivity index (χ1n) is 6.76. The minimum absolute atomic E-state index is 0.293. The van der Waals surface area contributed by atoms with Gasteiger partial charge in [0.25, 0.3) is 0 Å². The van der Waals surface area contributed by atoms with E-state index in [0.29, 0.717) is 18.4 Å². The SMILES string of the molecule is CCCNC(CCc1ccc(OC)c(F)c1)COC. The van der Waals surface area contributed by atoms with Gasteiger partial charge in [-0.1, -0.05) is 13.0 Å². The first kappa shape index (κ1) is 15.9. The van der Waals surface area contributed by atoms with Gasteiger partial charge in [-0.2, -0.15) is 0 Å². The van der Waals surface area contributed by atoms with Gasteiger partial charge in [0.15, 0.2) is 11.6 Å². The van der Waals surface area contributed by atoms with Crippen molar-refractivity contribution in [1.82, 2.24) is 5.32 Å². The van der Waals surface area contributed by atoms with Crippen molar-refractivity contribution in [2.45, 2.75) is 32.2 Å². The van der Waals surface area contributed by atoms with Crippen molar-refractivity contribution in [2.24, 2.45) is 0 Å². The molecule has 0 fully saturated rings. The average Bonchev–Trinajstić information content (AvgIpc) is 2.42. The lowest BCUT2D eigenvalue weighted by Gasteiger charge is -2.17. The third kappa shape index (κ3) is 5.57. The first-order valence-corrected chi connectivity index (χ1v) is 6.76. The van der Waals surface area contributed by atoms with Crippen molar-refractivity contribution in [3.05, 3.63) is 29.6 Å². The van der Waals surface area contributed by atoms with Crippen LogP contribution in [0.25, 0.3) is 0 Å². The van der Waals surface area contributed by atoms with Crippen molar-refractivity contribution in [3.63, 3.8) is 0 Å². The Kier molecular flexibility index (Phi) is 7.45. The number of rotatable bonds is 9. The minimum atomic E-state index is -0.301. The van der Waals surface area contributed by atoms with Crippen LogP contribution in [0.1, 0.15) is 25.3 Å². The van der Waals surface area contributed by atoms with Gasteiger partial charge >= 0.3 is 0 Å². The van der Waals surface area contributed by atoms with Crippen LogP contribution in [0.2, 0.25) is 0 Å². The number of benzene rings is 1. The molecule has 1 unspecified atom stereocenters. The largest absolute Gasteiger partial charge is 0.494 e. The summed E-state index contributed by atoms with van der Waals surface area (Å²) in [5.74, 6) is -0.00823. The van der Waals surface area contributed by atoms with E-state index in [2.05, 4.69) is 12.2 Å². The Balaban J connectivity index is 2.50. The van der Waals surface area contributed by atoms with Crippen LogP contribution in [0.4, 0.5) is 4.39 Å². The Labute approximate surface area is 115 Å². The van der Waals surface area contributed by atoms with Crippen LogP contribution in [-0.2, 0) is 11.2 Å². The molecule has 0 aromatic heterocycles. The normalized spacial score (nSPS) is 12.4. The lowest BCUT2D eigenvalue weighted by atomic mass is 10.1. The van der Waals surface area contributed by atoms with Gasteiger partial charge in [0, 0.05) is 13.2 Å². The molecule has 1 atom stereocenters. The highest BCUT2D eigenvalue weighted by Gasteiger charge is 2.09. The van der Waals surface area contributed by atoms with E-state index in [1.54, 1.807) is 19.2 Å². The van der Waals surface area contributed by atoms with E-state index in [1.807, 2.05) is 6.07 Å². The molecule has 0 bridgehead atoms. The second kappa shape index (κ2) is 8.88. The zero-order valence-electron chi connectivity index (χ0n) is 12.0. The standard InChI is InChI=1S/C15H24FNO2/c1-4-9-17-13(11-18-2)7-5-12-6-8-15(19-3)14(16)10-12/h6,8,10,13,17H,4-5,7,9,11H2,1-3H3. The fraction of sp³-hybridized carbons (Fsp3) is 0.600. The third-order valence-corrected chi connectivity index (χ3v) is 3.05. The Morgan fingerprint density at radius 1 is 1.32 bits per heavy atom. The highest BCUT2D eigenvalue weighted by molar-refractivity contribution is 5.29. The number of aryl methyl sites for hydroxylation is 1. The van der Waals surface area contributed by atoms with E-state index < -0.39 is 0 Å². The summed E-state index contributed by atoms with van der Waals surface area (Å²) < 4.78 is 23.7. The maximum atomic E-state index is 13.6. The molecule has 1 N–H and O–H groups in total. The van der Waals surface area contributed by atoms with Gasteiger partial charge in [-0.3, -0.25) is 0 Å². The fourth-order valence-corrected chi connectivity index (χ4v) is 2.00. The number of hydrogen-bond acceptors (Lipinski definition) is 3. The molecule has 1 rings (SSSR count). The molecule has 3 nitrogen and oxygen atoms in total. The van der Waals surface area contributed by atoms with E-state index in [4.69, 9.17) is 9.47 Å². The molecular formula is C15H24FNO2. The molecule has 108 valence electrons. The number of ether oxygens (including phenoxy) is 2. The summed E-state index contributed by atoms with van der Waals surface area (Å²) in [6, 6.07) is 5.44. The number of methoxy groups -OCH3 is 2. The van der Waals surface area contributed by atoms with Crippen molar-refractivity contribution in [3.8, 4) is 5.75 Å². The molecule has 0 saturated carbocycles. The summed E-state index contributed by atoms with van der Waals surface area (Å²) in [7, 11) is 3.18. The zero-order valence-corrected chi connectivity index (χ0v) is 12.0. The van der Waals surface area contributed by atoms with Crippen LogP contribution in [0.3, 0.4) is 0 Å². The lowest BCUT2D eigenvalue weighted by Crippen LogP contribution is -2.34. The van der Waals surface area contributed by atoms with Gasteiger partial charge in [0.05, 0.1) is 13.7 Å². The van der Waals surface area contributed by atoms with Crippen molar-refractivity contribution in [1.29, 1.82) is 0 Å². The predicted octanol–water partition coefficient (Wildman–Crippen LogP) is 2.78. The summed E-state index contributed by atoms with van der Waals surface area (Å²) in [5.41, 5.74) is 0.984. The Morgan fingerprint density at radius 3 is 2.68 bits per heavy atom. The second-order valence-electron chi connectivity index (χ2n) is 4.61. The Bertz CT molecular complexity index is 371. The molecule has 4 heteroatoms. The van der Waals surface area contributed by atoms with Gasteiger partial charge in [-0.05, 0) is 43.5 Å². The molecule has 0 heterocycles. The van der Waals surface area contributed by atoms with Gasteiger partial charge in [-0.15, -0.1) is 0 Å². The monoisotopic (exact) mass is 269 g/mol. The van der Waals surface area contributed by atoms with Crippen molar-refractivity contribution in [2.75, 3.05) is 27.4 Å². The Hall–Kier alpha value is -1.13. The van der Waals surface area contributed by atoms with Gasteiger partial charge in [0.1, 0.15) is 0 Å². The molecule has 0 spiro atoms. The molecule has 19 heavy (non-hydrogen) atoms. The molecule has 0 aliphatic heterocycles. The highest BCUT2D eigenvalue weighted by Crippen LogP contribution is 2.18. The van der Waals surface area contributed by atoms with Gasteiger partial charge in [-0.25, -0.2) is 4.39 Å². The summed E-state index contributed by atoms with van der Waals surface area (Å²) in [6.45, 7) is 3.79. The van der Waals surface area contributed by atoms with Gasteiger partial charge < -0.3 is 14.8 Å². The maximum Gasteiger partial charge on any atom is 0.165 e. The molecule has 1 aromatic rings. The van der Waals surface area contributed by atoms with E-state index in [9.17, 15) is 4.39 Å². The van der Waals surface area contributed by atoms with Crippen molar-refractivity contribution >= 4 is 0 Å². The molecule has 0 radical (unpaired) electrons. The fourth-order valence-electron chi connectivity index (χ4n) is 2.00. The predicted molar refractivity (Wildman–Crippen MR) is 75.2 cm³/mol. The van der Waals surface area contributed by atoms with E-state index >= 15 is 0 Å². The molecule has 0 aliphatic carbocycles. The van der Waals surface area contributed by atoms with Crippen molar-refractivity contribution < 1.29 is 13.9 Å². The maximum absolute atomic E-state index is 13.6. The second-order valence-corrected chi connectivity index (χ2v) is 4.61. The van der Waals surface area contributed by atoms with E-state index in [-0.39, 0.29) is 5.82 Å². The quantitative estimate of drug-likeness (QED) is 0.748. The zero-order chi connectivity index (χ0) is 14.1. The summed E-state index contributed by atoms with van der Waals surface area (Å²) >= 11 is 0. The topological polar surface area (TPSA) is 30.5 Å². The van der Waals surface area contributed by atoms with Crippen LogP contribution in [0, 0.1) is 5.82 Å². The summed E-state index contributed by atoms with van der Waals surface area (Å²) in [6.07, 6.45) is 2.85. The van der Waals surface area contributed by atoms with E-state index in [0.717, 1.165) is 31.4 Å². The van der Waals surface area contributed by atoms with Crippen LogP contribution < -0.4 is 10.1 Å². The summed E-state index contributed by atoms with van der Waals surface area (Å²) in [4.78, 5) is 0. The Morgan fingerprint density at radius 2 is 2.11 bits per heavy atom. The van der Waals surface area contributed by atoms with Gasteiger partial charge in [0.2, 0.25) is 0 Å². The van der Waals surface area contributed by atoms with Crippen LogP contribution >= 0.6 is 0 Å². The number of nitrogens with one attached hydrogen (secondary N) is 1. The molecule has 0 saturated heterocycles. The van der Waals surface area contributed by atoms with Crippen LogP contribution in [0.5, 0.6) is 5.75 Å². The molecule has 0 aliphatic rings. The van der Waals surface area contributed by atoms with E-state index in [1.165, 1.54) is 7.11 Å². The van der Waals surface area contributed by atoms with Crippen LogP contribution in [0.15, 0.2) is 18.2 Å². The highest BCUT2D eigenvalue weighted by atomic mass is 19.1. The third-order valence-electron chi connectivity index (χ3n) is 3.05. The smallest absolute Gasteiger partial charge is 0.165 e. The average molecular weight is 269 g/mol. The van der Waals surface area contributed by atoms with Crippen LogP contribution in [-0.4, -0.2) is 33.4 Å². The number of hydrogen-bond donors (Lipinski definition) is 1. The lowest BCUT2D eigenvalue weighted by molar-refractivity contribution is 0.162. The molecular weight excluding hydrogens is 245 g/mol. The number of halogens is 1. The minimum Gasteiger partial charge on any atom is -0.494 e. The molecule has 0 amide bonds. The summed E-state index contributed by atoms with van der Waals surface area (Å²) in [5, 5.41) is 3.43.